The number of hydrogen-bond acceptors (Lipinski definition) is 2. The van der Waals surface area contributed by atoms with Crippen molar-refractivity contribution >= 4 is 0 Å². The van der Waals surface area contributed by atoms with E-state index in [1.54, 1.807) is 0 Å². The molecule has 0 aromatic heterocycles. The summed E-state index contributed by atoms with van der Waals surface area (Å²) in [5.74, 6) is 0.782. The molecule has 0 amide bonds. The SMILES string of the molecule is CCCNCC(C)N(CC(C)C)C1CCCC1. The fourth-order valence-electron chi connectivity index (χ4n) is 2.95. The van der Waals surface area contributed by atoms with Gasteiger partial charge in [0.1, 0.15) is 0 Å². The lowest BCUT2D eigenvalue weighted by atomic mass is 10.1. The standard InChI is InChI=1S/C15H32N2/c1-5-10-16-11-14(4)17(12-13(2)3)15-8-6-7-9-15/h13-16H,5-12H2,1-4H3. The number of nitrogens with one attached hydrogen (secondary N) is 1. The van der Waals surface area contributed by atoms with Gasteiger partial charge >= 0.3 is 0 Å². The van der Waals surface area contributed by atoms with E-state index in [1.807, 2.05) is 0 Å². The Hall–Kier alpha value is -0.0800. The van der Waals surface area contributed by atoms with Crippen LogP contribution >= 0.6 is 0 Å². The van der Waals surface area contributed by atoms with Crippen molar-refractivity contribution in [2.75, 3.05) is 19.6 Å². The van der Waals surface area contributed by atoms with Gasteiger partial charge in [-0.05, 0) is 38.6 Å². The Morgan fingerprint density at radius 1 is 1.18 bits per heavy atom. The molecular weight excluding hydrogens is 208 g/mol. The van der Waals surface area contributed by atoms with Crippen LogP contribution in [0.4, 0.5) is 0 Å². The second kappa shape index (κ2) is 8.10. The number of hydrogen-bond donors (Lipinski definition) is 1. The molecule has 1 unspecified atom stereocenters. The van der Waals surface area contributed by atoms with Crippen LogP contribution in [0, 0.1) is 5.92 Å². The fourth-order valence-corrected chi connectivity index (χ4v) is 2.95. The zero-order chi connectivity index (χ0) is 12.7. The molecule has 0 aliphatic heterocycles. The summed E-state index contributed by atoms with van der Waals surface area (Å²) < 4.78 is 0. The minimum absolute atomic E-state index is 0.687. The summed E-state index contributed by atoms with van der Waals surface area (Å²) in [5, 5.41) is 3.57. The third kappa shape index (κ3) is 5.39. The molecule has 2 nitrogen and oxygen atoms in total. The normalized spacial score (nSPS) is 19.4. The van der Waals surface area contributed by atoms with Gasteiger partial charge < -0.3 is 5.32 Å². The molecule has 2 heteroatoms. The maximum atomic E-state index is 3.57. The topological polar surface area (TPSA) is 15.3 Å². The van der Waals surface area contributed by atoms with E-state index in [4.69, 9.17) is 0 Å². The Balaban J connectivity index is 2.42. The molecule has 0 spiro atoms. The maximum Gasteiger partial charge on any atom is 0.0195 e. The minimum atomic E-state index is 0.687. The van der Waals surface area contributed by atoms with E-state index in [-0.39, 0.29) is 0 Å². The van der Waals surface area contributed by atoms with Gasteiger partial charge in [-0.1, -0.05) is 33.6 Å². The second-order valence-corrected chi connectivity index (χ2v) is 6.08. The lowest BCUT2D eigenvalue weighted by Gasteiger charge is -2.36. The highest BCUT2D eigenvalue weighted by Gasteiger charge is 2.26. The minimum Gasteiger partial charge on any atom is -0.315 e. The van der Waals surface area contributed by atoms with Crippen molar-refractivity contribution in [3.05, 3.63) is 0 Å². The highest BCUT2D eigenvalue weighted by atomic mass is 15.2. The van der Waals surface area contributed by atoms with Crippen LogP contribution in [-0.4, -0.2) is 36.6 Å². The van der Waals surface area contributed by atoms with E-state index >= 15 is 0 Å². The van der Waals surface area contributed by atoms with Gasteiger partial charge in [0.25, 0.3) is 0 Å². The summed E-state index contributed by atoms with van der Waals surface area (Å²) in [6, 6.07) is 1.54. The third-order valence-electron chi connectivity index (χ3n) is 3.80. The van der Waals surface area contributed by atoms with Crippen LogP contribution in [0.15, 0.2) is 0 Å². The van der Waals surface area contributed by atoms with E-state index in [9.17, 15) is 0 Å². The van der Waals surface area contributed by atoms with Gasteiger partial charge in [0.2, 0.25) is 0 Å². The van der Waals surface area contributed by atoms with Gasteiger partial charge in [0.05, 0.1) is 0 Å². The van der Waals surface area contributed by atoms with E-state index in [1.165, 1.54) is 38.6 Å². The summed E-state index contributed by atoms with van der Waals surface area (Å²) in [6.07, 6.45) is 6.96. The molecule has 1 atom stereocenters. The monoisotopic (exact) mass is 240 g/mol. The molecule has 102 valence electrons. The predicted molar refractivity (Wildman–Crippen MR) is 76.4 cm³/mol. The average molecular weight is 240 g/mol. The predicted octanol–water partition coefficient (Wildman–Crippen LogP) is 3.28. The zero-order valence-corrected chi connectivity index (χ0v) is 12.3. The number of rotatable bonds is 8. The van der Waals surface area contributed by atoms with Gasteiger partial charge in [-0.25, -0.2) is 0 Å². The van der Waals surface area contributed by atoms with Crippen LogP contribution in [-0.2, 0) is 0 Å². The van der Waals surface area contributed by atoms with Crippen molar-refractivity contribution in [3.63, 3.8) is 0 Å². The summed E-state index contributed by atoms with van der Waals surface area (Å²) in [6.45, 7) is 12.9. The molecule has 0 saturated heterocycles. The lowest BCUT2D eigenvalue weighted by Crippen LogP contribution is -2.47. The Morgan fingerprint density at radius 2 is 1.82 bits per heavy atom. The summed E-state index contributed by atoms with van der Waals surface area (Å²) in [5.41, 5.74) is 0. The van der Waals surface area contributed by atoms with Crippen molar-refractivity contribution in [1.29, 1.82) is 0 Å². The molecule has 0 bridgehead atoms. The second-order valence-electron chi connectivity index (χ2n) is 6.08. The Morgan fingerprint density at radius 3 is 2.35 bits per heavy atom. The quantitative estimate of drug-likeness (QED) is 0.655. The molecule has 0 aromatic rings. The van der Waals surface area contributed by atoms with Crippen LogP contribution < -0.4 is 5.32 Å². The third-order valence-corrected chi connectivity index (χ3v) is 3.80. The van der Waals surface area contributed by atoms with Gasteiger partial charge in [-0.3, -0.25) is 4.90 Å². The van der Waals surface area contributed by atoms with Gasteiger partial charge in [0, 0.05) is 25.2 Å². The summed E-state index contributed by atoms with van der Waals surface area (Å²) >= 11 is 0. The molecule has 1 aliphatic carbocycles. The fraction of sp³-hybridized carbons (Fsp3) is 1.00. The number of nitrogens with zero attached hydrogens (tertiary/aromatic N) is 1. The maximum absolute atomic E-state index is 3.57. The zero-order valence-electron chi connectivity index (χ0n) is 12.3. The van der Waals surface area contributed by atoms with Gasteiger partial charge in [0.15, 0.2) is 0 Å². The van der Waals surface area contributed by atoms with E-state index in [0.29, 0.717) is 6.04 Å². The van der Waals surface area contributed by atoms with Crippen molar-refractivity contribution in [3.8, 4) is 0 Å². The molecule has 0 aromatic carbocycles. The molecule has 1 fully saturated rings. The Bertz CT molecular complexity index is 185. The molecule has 1 N–H and O–H groups in total. The molecule has 0 radical (unpaired) electrons. The van der Waals surface area contributed by atoms with Gasteiger partial charge in [-0.2, -0.15) is 0 Å². The largest absolute Gasteiger partial charge is 0.315 e. The van der Waals surface area contributed by atoms with Gasteiger partial charge in [-0.15, -0.1) is 0 Å². The first kappa shape index (κ1) is 15.0. The summed E-state index contributed by atoms with van der Waals surface area (Å²) in [7, 11) is 0. The smallest absolute Gasteiger partial charge is 0.0195 e. The van der Waals surface area contributed by atoms with Crippen molar-refractivity contribution in [2.24, 2.45) is 5.92 Å². The molecule has 1 rings (SSSR count). The van der Waals surface area contributed by atoms with E-state index in [2.05, 4.69) is 37.9 Å². The van der Waals surface area contributed by atoms with Crippen molar-refractivity contribution in [2.45, 2.75) is 71.9 Å². The average Bonchev–Trinajstić information content (AvgIpc) is 2.79. The molecule has 17 heavy (non-hydrogen) atoms. The van der Waals surface area contributed by atoms with Crippen molar-refractivity contribution in [1.82, 2.24) is 10.2 Å². The first-order chi connectivity index (χ1) is 8.15. The highest BCUT2D eigenvalue weighted by molar-refractivity contribution is 4.82. The van der Waals surface area contributed by atoms with Crippen LogP contribution in [0.3, 0.4) is 0 Å². The van der Waals surface area contributed by atoms with Crippen molar-refractivity contribution < 1.29 is 0 Å². The molecule has 0 heterocycles. The highest BCUT2D eigenvalue weighted by Crippen LogP contribution is 2.25. The lowest BCUT2D eigenvalue weighted by molar-refractivity contribution is 0.126. The van der Waals surface area contributed by atoms with Crippen LogP contribution in [0.2, 0.25) is 0 Å². The van der Waals surface area contributed by atoms with E-state index in [0.717, 1.165) is 25.0 Å². The Kier molecular flexibility index (Phi) is 7.14. The first-order valence-electron chi connectivity index (χ1n) is 7.61. The molecular formula is C15H32N2. The molecule has 1 saturated carbocycles. The van der Waals surface area contributed by atoms with Crippen LogP contribution in [0.1, 0.15) is 59.8 Å². The van der Waals surface area contributed by atoms with E-state index < -0.39 is 0 Å². The first-order valence-corrected chi connectivity index (χ1v) is 7.61. The summed E-state index contributed by atoms with van der Waals surface area (Å²) in [4.78, 5) is 2.76. The molecule has 1 aliphatic rings. The Labute approximate surface area is 108 Å². The van der Waals surface area contributed by atoms with Crippen LogP contribution in [0.5, 0.6) is 0 Å². The van der Waals surface area contributed by atoms with Crippen LogP contribution in [0.25, 0.3) is 0 Å².